The van der Waals surface area contributed by atoms with Crippen molar-refractivity contribution in [3.8, 4) is 5.75 Å². The monoisotopic (exact) mass is 300 g/mol. The molecule has 6 heteroatoms. The number of nitrogens with zero attached hydrogens (tertiary/aromatic N) is 2. The lowest BCUT2D eigenvalue weighted by molar-refractivity contribution is -0.384. The van der Waals surface area contributed by atoms with E-state index in [1.165, 1.54) is 24.3 Å². The number of hydrogen-bond acceptors (Lipinski definition) is 4. The Hall–Kier alpha value is -2.89. The van der Waals surface area contributed by atoms with Crippen molar-refractivity contribution >= 4 is 11.6 Å². The summed E-state index contributed by atoms with van der Waals surface area (Å²) in [4.78, 5) is 23.6. The molecule has 2 aromatic carbocycles. The number of non-ortho nitro benzene ring substituents is 1. The number of amides is 1. The summed E-state index contributed by atoms with van der Waals surface area (Å²) in [6.07, 6.45) is 0. The van der Waals surface area contributed by atoms with E-state index in [4.69, 9.17) is 4.74 Å². The summed E-state index contributed by atoms with van der Waals surface area (Å²) in [5.74, 6) is 0.259. The van der Waals surface area contributed by atoms with E-state index >= 15 is 0 Å². The summed E-state index contributed by atoms with van der Waals surface area (Å²) < 4.78 is 5.35. The number of nitro benzene ring substituents is 1. The van der Waals surface area contributed by atoms with Gasteiger partial charge >= 0.3 is 0 Å². The lowest BCUT2D eigenvalue weighted by Gasteiger charge is -2.17. The van der Waals surface area contributed by atoms with Gasteiger partial charge in [0.05, 0.1) is 4.92 Å². The molecule has 0 bridgehead atoms. The Balaban J connectivity index is 1.85. The van der Waals surface area contributed by atoms with Crippen LogP contribution in [0.25, 0.3) is 0 Å². The SMILES string of the molecule is CN(Cc1ccccc1)C(=O)COc1ccc([N+](=O)[O-])cc1. The van der Waals surface area contributed by atoms with E-state index in [2.05, 4.69) is 0 Å². The van der Waals surface area contributed by atoms with Gasteiger partial charge in [-0.2, -0.15) is 0 Å². The third-order valence-electron chi connectivity index (χ3n) is 3.10. The molecule has 0 aliphatic carbocycles. The highest BCUT2D eigenvalue weighted by atomic mass is 16.6. The molecule has 0 spiro atoms. The number of nitro groups is 1. The Bertz CT molecular complexity index is 641. The minimum absolute atomic E-state index is 0.0140. The molecule has 6 nitrogen and oxygen atoms in total. The number of ether oxygens (including phenoxy) is 1. The second-order valence-electron chi connectivity index (χ2n) is 4.78. The molecular weight excluding hydrogens is 284 g/mol. The Morgan fingerprint density at radius 2 is 1.77 bits per heavy atom. The Kier molecular flexibility index (Phi) is 5.08. The maximum Gasteiger partial charge on any atom is 0.269 e. The Labute approximate surface area is 128 Å². The average Bonchev–Trinajstić information content (AvgIpc) is 2.53. The van der Waals surface area contributed by atoms with E-state index in [1.807, 2.05) is 30.3 Å². The third kappa shape index (κ3) is 4.31. The minimum atomic E-state index is -0.484. The number of carbonyl (C=O) groups excluding carboxylic acids is 1. The van der Waals surface area contributed by atoms with Gasteiger partial charge in [0.25, 0.3) is 11.6 Å². The molecule has 0 unspecified atom stereocenters. The summed E-state index contributed by atoms with van der Waals surface area (Å²) >= 11 is 0. The predicted octanol–water partition coefficient (Wildman–Crippen LogP) is 2.63. The molecule has 0 atom stereocenters. The quantitative estimate of drug-likeness (QED) is 0.607. The second-order valence-corrected chi connectivity index (χ2v) is 4.78. The summed E-state index contributed by atoms with van der Waals surface area (Å²) in [7, 11) is 1.70. The molecule has 0 saturated heterocycles. The zero-order valence-corrected chi connectivity index (χ0v) is 12.1. The molecule has 22 heavy (non-hydrogen) atoms. The number of hydrogen-bond donors (Lipinski definition) is 0. The van der Waals surface area contributed by atoms with Crippen LogP contribution in [0.5, 0.6) is 5.75 Å². The van der Waals surface area contributed by atoms with Gasteiger partial charge < -0.3 is 9.64 Å². The van der Waals surface area contributed by atoms with Gasteiger partial charge in [0, 0.05) is 25.7 Å². The molecule has 1 amide bonds. The molecule has 2 rings (SSSR count). The van der Waals surface area contributed by atoms with Crippen LogP contribution >= 0.6 is 0 Å². The molecule has 114 valence electrons. The molecular formula is C16H16N2O4. The van der Waals surface area contributed by atoms with E-state index in [1.54, 1.807) is 11.9 Å². The van der Waals surface area contributed by atoms with Crippen molar-refractivity contribution in [1.82, 2.24) is 4.90 Å². The fourth-order valence-corrected chi connectivity index (χ4v) is 1.86. The Morgan fingerprint density at radius 1 is 1.14 bits per heavy atom. The zero-order valence-electron chi connectivity index (χ0n) is 12.1. The first kappa shape index (κ1) is 15.5. The topological polar surface area (TPSA) is 72.7 Å². The number of carbonyl (C=O) groups is 1. The van der Waals surface area contributed by atoms with Gasteiger partial charge in [0.2, 0.25) is 0 Å². The number of likely N-dealkylation sites (N-methyl/N-ethyl adjacent to an activating group) is 1. The highest BCUT2D eigenvalue weighted by molar-refractivity contribution is 5.77. The fraction of sp³-hybridized carbons (Fsp3) is 0.188. The lowest BCUT2D eigenvalue weighted by atomic mass is 10.2. The van der Waals surface area contributed by atoms with Gasteiger partial charge in [0.1, 0.15) is 5.75 Å². The third-order valence-corrected chi connectivity index (χ3v) is 3.10. The fourth-order valence-electron chi connectivity index (χ4n) is 1.86. The highest BCUT2D eigenvalue weighted by Gasteiger charge is 2.11. The van der Waals surface area contributed by atoms with Gasteiger partial charge in [-0.1, -0.05) is 30.3 Å². The van der Waals surface area contributed by atoms with E-state index in [0.29, 0.717) is 12.3 Å². The van der Waals surface area contributed by atoms with Crippen LogP contribution < -0.4 is 4.74 Å². The first-order valence-electron chi connectivity index (χ1n) is 6.71. The Morgan fingerprint density at radius 3 is 2.36 bits per heavy atom. The predicted molar refractivity (Wildman–Crippen MR) is 81.5 cm³/mol. The van der Waals surface area contributed by atoms with Crippen molar-refractivity contribution in [1.29, 1.82) is 0 Å². The van der Waals surface area contributed by atoms with Crippen LogP contribution in [0.3, 0.4) is 0 Å². The van der Waals surface area contributed by atoms with Gasteiger partial charge in [-0.3, -0.25) is 14.9 Å². The lowest BCUT2D eigenvalue weighted by Crippen LogP contribution is -2.30. The van der Waals surface area contributed by atoms with Crippen LogP contribution in [-0.2, 0) is 11.3 Å². The summed E-state index contributed by atoms with van der Waals surface area (Å²) in [5.41, 5.74) is 1.02. The molecule has 0 aliphatic rings. The van der Waals surface area contributed by atoms with E-state index in [0.717, 1.165) is 5.56 Å². The molecule has 0 saturated carbocycles. The van der Waals surface area contributed by atoms with Crippen LogP contribution in [-0.4, -0.2) is 29.4 Å². The molecule has 0 aliphatic heterocycles. The first-order chi connectivity index (χ1) is 10.6. The number of rotatable bonds is 6. The van der Waals surface area contributed by atoms with E-state index in [9.17, 15) is 14.9 Å². The highest BCUT2D eigenvalue weighted by Crippen LogP contribution is 2.17. The normalized spacial score (nSPS) is 10.0. The standard InChI is InChI=1S/C16H16N2O4/c1-17(11-13-5-3-2-4-6-13)16(19)12-22-15-9-7-14(8-10-15)18(20)21/h2-10H,11-12H2,1H3. The summed E-state index contributed by atoms with van der Waals surface area (Å²) in [6.45, 7) is 0.393. The van der Waals surface area contributed by atoms with Gasteiger partial charge in [-0.05, 0) is 17.7 Å². The maximum absolute atomic E-state index is 12.0. The van der Waals surface area contributed by atoms with Gasteiger partial charge in [-0.25, -0.2) is 0 Å². The van der Waals surface area contributed by atoms with Gasteiger partial charge in [0.15, 0.2) is 6.61 Å². The minimum Gasteiger partial charge on any atom is -0.484 e. The molecule has 0 N–H and O–H groups in total. The molecule has 0 fully saturated rings. The van der Waals surface area contributed by atoms with Crippen molar-refractivity contribution in [3.63, 3.8) is 0 Å². The van der Waals surface area contributed by atoms with E-state index in [-0.39, 0.29) is 18.2 Å². The van der Waals surface area contributed by atoms with Crippen molar-refractivity contribution in [2.24, 2.45) is 0 Å². The smallest absolute Gasteiger partial charge is 0.269 e. The zero-order chi connectivity index (χ0) is 15.9. The molecule has 0 aromatic heterocycles. The molecule has 0 radical (unpaired) electrons. The van der Waals surface area contributed by atoms with Crippen LogP contribution in [0, 0.1) is 10.1 Å². The van der Waals surface area contributed by atoms with E-state index < -0.39 is 4.92 Å². The van der Waals surface area contributed by atoms with Gasteiger partial charge in [-0.15, -0.1) is 0 Å². The van der Waals surface area contributed by atoms with Crippen molar-refractivity contribution in [2.75, 3.05) is 13.7 Å². The summed E-state index contributed by atoms with van der Waals surface area (Å²) in [5, 5.41) is 10.5. The first-order valence-corrected chi connectivity index (χ1v) is 6.71. The van der Waals surface area contributed by atoms with Crippen molar-refractivity contribution in [3.05, 3.63) is 70.3 Å². The summed E-state index contributed by atoms with van der Waals surface area (Å²) in [6, 6.07) is 15.3. The van der Waals surface area contributed by atoms with Crippen LogP contribution in [0.2, 0.25) is 0 Å². The van der Waals surface area contributed by atoms with Crippen molar-refractivity contribution < 1.29 is 14.5 Å². The average molecular weight is 300 g/mol. The number of benzene rings is 2. The molecule has 2 aromatic rings. The van der Waals surface area contributed by atoms with Crippen LogP contribution in [0.1, 0.15) is 5.56 Å². The maximum atomic E-state index is 12.0. The van der Waals surface area contributed by atoms with Crippen LogP contribution in [0.4, 0.5) is 5.69 Å². The van der Waals surface area contributed by atoms with Crippen molar-refractivity contribution in [2.45, 2.75) is 6.54 Å². The molecule has 0 heterocycles. The largest absolute Gasteiger partial charge is 0.484 e. The second kappa shape index (κ2) is 7.21. The van der Waals surface area contributed by atoms with Crippen LogP contribution in [0.15, 0.2) is 54.6 Å².